The molecule has 2 aromatic carbocycles. The molecule has 2 aromatic rings. The molecule has 0 aromatic heterocycles. The van der Waals surface area contributed by atoms with E-state index in [0.717, 1.165) is 36.2 Å². The van der Waals surface area contributed by atoms with Crippen molar-refractivity contribution in [3.63, 3.8) is 0 Å². The molecule has 0 saturated heterocycles. The zero-order valence-electron chi connectivity index (χ0n) is 14.3. The van der Waals surface area contributed by atoms with Crippen molar-refractivity contribution in [3.8, 4) is 0 Å². The molecule has 0 amide bonds. The largest absolute Gasteiger partial charge is 0.457 e. The second-order valence-corrected chi connectivity index (χ2v) is 6.33. The van der Waals surface area contributed by atoms with E-state index in [9.17, 15) is 4.79 Å². The van der Waals surface area contributed by atoms with Gasteiger partial charge in [-0.1, -0.05) is 48.5 Å². The third-order valence-corrected chi connectivity index (χ3v) is 4.45. The third kappa shape index (κ3) is 3.92. The summed E-state index contributed by atoms with van der Waals surface area (Å²) in [7, 11) is 2.12. The molecule has 0 fully saturated rings. The summed E-state index contributed by atoms with van der Waals surface area (Å²) in [6, 6.07) is 15.8. The Bertz CT molecular complexity index is 750. The first-order valence-electron chi connectivity index (χ1n) is 8.33. The van der Waals surface area contributed by atoms with Crippen LogP contribution in [0.2, 0.25) is 0 Å². The molecule has 3 nitrogen and oxygen atoms in total. The Labute approximate surface area is 143 Å². The van der Waals surface area contributed by atoms with Crippen molar-refractivity contribution in [3.05, 3.63) is 76.9 Å². The topological polar surface area (TPSA) is 29.5 Å². The molecule has 0 aliphatic carbocycles. The quantitative estimate of drug-likeness (QED) is 0.795. The lowest BCUT2D eigenvalue weighted by Crippen LogP contribution is -2.23. The number of esters is 1. The van der Waals surface area contributed by atoms with Crippen molar-refractivity contribution in [1.82, 2.24) is 4.90 Å². The second kappa shape index (κ2) is 7.45. The van der Waals surface area contributed by atoms with Gasteiger partial charge < -0.3 is 9.64 Å². The molecule has 124 valence electrons. The van der Waals surface area contributed by atoms with Gasteiger partial charge in [-0.2, -0.15) is 0 Å². The zero-order valence-corrected chi connectivity index (χ0v) is 14.3. The van der Waals surface area contributed by atoms with Crippen LogP contribution in [0.4, 0.5) is 0 Å². The molecular formula is C21H23NO2. The van der Waals surface area contributed by atoms with Gasteiger partial charge in [0.1, 0.15) is 6.61 Å². The van der Waals surface area contributed by atoms with Gasteiger partial charge in [0, 0.05) is 13.1 Å². The van der Waals surface area contributed by atoms with E-state index in [4.69, 9.17) is 4.74 Å². The number of carbonyl (C=O) groups is 1. The molecule has 0 spiro atoms. The zero-order chi connectivity index (χ0) is 16.9. The van der Waals surface area contributed by atoms with E-state index in [1.165, 1.54) is 5.57 Å². The van der Waals surface area contributed by atoms with Crippen molar-refractivity contribution < 1.29 is 9.53 Å². The number of rotatable bonds is 4. The summed E-state index contributed by atoms with van der Waals surface area (Å²) in [6.45, 7) is 4.26. The van der Waals surface area contributed by atoms with E-state index < -0.39 is 0 Å². The fourth-order valence-corrected chi connectivity index (χ4v) is 2.88. The summed E-state index contributed by atoms with van der Waals surface area (Å²) in [5, 5.41) is 0. The van der Waals surface area contributed by atoms with Gasteiger partial charge in [-0.05, 0) is 48.7 Å². The number of ether oxygens (including phenoxy) is 1. The van der Waals surface area contributed by atoms with Gasteiger partial charge in [0.15, 0.2) is 0 Å². The second-order valence-electron chi connectivity index (χ2n) is 6.33. The summed E-state index contributed by atoms with van der Waals surface area (Å²) in [6.07, 6.45) is 3.26. The molecule has 0 radical (unpaired) electrons. The molecule has 3 heteroatoms. The summed E-state index contributed by atoms with van der Waals surface area (Å²) in [5.41, 5.74) is 5.04. The predicted octanol–water partition coefficient (Wildman–Crippen LogP) is 4.07. The lowest BCUT2D eigenvalue weighted by molar-refractivity contribution is 0.0472. The Hall–Kier alpha value is -2.39. The molecule has 0 unspecified atom stereocenters. The minimum atomic E-state index is -0.258. The Morgan fingerprint density at radius 1 is 1.17 bits per heavy atom. The molecular weight excluding hydrogens is 298 g/mol. The normalized spacial score (nSPS) is 15.0. The average molecular weight is 321 g/mol. The number of hydrogen-bond acceptors (Lipinski definition) is 3. The van der Waals surface area contributed by atoms with Crippen LogP contribution in [0.25, 0.3) is 5.57 Å². The minimum absolute atomic E-state index is 0.258. The summed E-state index contributed by atoms with van der Waals surface area (Å²) >= 11 is 0. The highest BCUT2D eigenvalue weighted by molar-refractivity contribution is 5.92. The van der Waals surface area contributed by atoms with Crippen molar-refractivity contribution in [1.29, 1.82) is 0 Å². The fourth-order valence-electron chi connectivity index (χ4n) is 2.88. The van der Waals surface area contributed by atoms with Crippen molar-refractivity contribution in [2.24, 2.45) is 0 Å². The van der Waals surface area contributed by atoms with Crippen molar-refractivity contribution in [2.75, 3.05) is 20.1 Å². The maximum Gasteiger partial charge on any atom is 0.338 e. The van der Waals surface area contributed by atoms with Crippen LogP contribution < -0.4 is 0 Å². The first kappa shape index (κ1) is 16.5. The van der Waals surface area contributed by atoms with E-state index in [1.807, 2.05) is 49.4 Å². The van der Waals surface area contributed by atoms with E-state index >= 15 is 0 Å². The van der Waals surface area contributed by atoms with Crippen LogP contribution in [0.5, 0.6) is 0 Å². The Morgan fingerprint density at radius 2 is 1.96 bits per heavy atom. The molecule has 0 saturated carbocycles. The first-order valence-corrected chi connectivity index (χ1v) is 8.33. The standard InChI is InChI=1S/C21H23NO2/c1-16-8-9-19(18-10-12-22(2)13-11-18)14-20(16)21(23)24-15-17-6-4-3-5-7-17/h3-10,14H,11-13,15H2,1-2H3. The maximum absolute atomic E-state index is 12.5. The summed E-state index contributed by atoms with van der Waals surface area (Å²) in [5.74, 6) is -0.258. The predicted molar refractivity (Wildman–Crippen MR) is 96.8 cm³/mol. The number of nitrogens with zero attached hydrogens (tertiary/aromatic N) is 1. The van der Waals surface area contributed by atoms with Crippen LogP contribution in [-0.4, -0.2) is 31.0 Å². The lowest BCUT2D eigenvalue weighted by Gasteiger charge is -2.22. The number of hydrogen-bond donors (Lipinski definition) is 0. The van der Waals surface area contributed by atoms with Gasteiger partial charge in [0.25, 0.3) is 0 Å². The Balaban J connectivity index is 1.75. The van der Waals surface area contributed by atoms with Crippen LogP contribution in [0.15, 0.2) is 54.6 Å². The SMILES string of the molecule is Cc1ccc(C2=CCN(C)CC2)cc1C(=O)OCc1ccccc1. The smallest absolute Gasteiger partial charge is 0.338 e. The highest BCUT2D eigenvalue weighted by atomic mass is 16.5. The third-order valence-electron chi connectivity index (χ3n) is 4.45. The number of benzene rings is 2. The lowest BCUT2D eigenvalue weighted by atomic mass is 9.96. The van der Waals surface area contributed by atoms with Crippen LogP contribution in [0.3, 0.4) is 0 Å². The van der Waals surface area contributed by atoms with Crippen molar-refractivity contribution >= 4 is 11.5 Å². The van der Waals surface area contributed by atoms with Gasteiger partial charge in [-0.3, -0.25) is 0 Å². The molecule has 0 atom stereocenters. The summed E-state index contributed by atoms with van der Waals surface area (Å²) in [4.78, 5) is 14.8. The van der Waals surface area contributed by atoms with Crippen molar-refractivity contribution in [2.45, 2.75) is 20.0 Å². The van der Waals surface area contributed by atoms with E-state index in [2.05, 4.69) is 24.1 Å². The van der Waals surface area contributed by atoms with Gasteiger partial charge in [0.05, 0.1) is 5.56 Å². The van der Waals surface area contributed by atoms with Crippen LogP contribution in [-0.2, 0) is 11.3 Å². The van der Waals surface area contributed by atoms with E-state index in [-0.39, 0.29) is 5.97 Å². The monoisotopic (exact) mass is 321 g/mol. The van der Waals surface area contributed by atoms with Crippen LogP contribution in [0, 0.1) is 6.92 Å². The molecule has 1 aliphatic rings. The first-order chi connectivity index (χ1) is 11.6. The minimum Gasteiger partial charge on any atom is -0.457 e. The van der Waals surface area contributed by atoms with Crippen LogP contribution in [0.1, 0.15) is 33.5 Å². The Morgan fingerprint density at radius 3 is 2.67 bits per heavy atom. The maximum atomic E-state index is 12.5. The molecule has 24 heavy (non-hydrogen) atoms. The number of carbonyl (C=O) groups excluding carboxylic acids is 1. The number of likely N-dealkylation sites (N-methyl/N-ethyl adjacent to an activating group) is 1. The number of aryl methyl sites for hydroxylation is 1. The highest BCUT2D eigenvalue weighted by Crippen LogP contribution is 2.24. The molecule has 1 aliphatic heterocycles. The van der Waals surface area contributed by atoms with Gasteiger partial charge in [-0.25, -0.2) is 4.79 Å². The summed E-state index contributed by atoms with van der Waals surface area (Å²) < 4.78 is 5.49. The Kier molecular flexibility index (Phi) is 5.11. The fraction of sp³-hybridized carbons (Fsp3) is 0.286. The van der Waals surface area contributed by atoms with Gasteiger partial charge in [0.2, 0.25) is 0 Å². The molecule has 3 rings (SSSR count). The van der Waals surface area contributed by atoms with E-state index in [0.29, 0.717) is 12.2 Å². The molecule has 1 heterocycles. The van der Waals surface area contributed by atoms with Gasteiger partial charge >= 0.3 is 5.97 Å². The average Bonchev–Trinajstić information content (AvgIpc) is 2.62. The van der Waals surface area contributed by atoms with E-state index in [1.54, 1.807) is 0 Å². The highest BCUT2D eigenvalue weighted by Gasteiger charge is 2.15. The molecule has 0 bridgehead atoms. The van der Waals surface area contributed by atoms with Crippen LogP contribution >= 0.6 is 0 Å². The van der Waals surface area contributed by atoms with Gasteiger partial charge in [-0.15, -0.1) is 0 Å². The molecule has 0 N–H and O–H groups in total.